The van der Waals surface area contributed by atoms with Gasteiger partial charge in [-0.05, 0) is 0 Å². The molecule has 0 saturated carbocycles. The molecule has 0 saturated heterocycles. The van der Waals surface area contributed by atoms with Gasteiger partial charge < -0.3 is 0 Å². The van der Waals surface area contributed by atoms with Crippen LogP contribution in [0.25, 0.3) is 0 Å². The molecular formula is C3H9LiZn. The van der Waals surface area contributed by atoms with Gasteiger partial charge >= 0.3 is 44.2 Å². The summed E-state index contributed by atoms with van der Waals surface area (Å²) in [7, 11) is 0. The molecule has 24 valence electrons. The molecule has 0 N–H and O–H groups in total. The fourth-order valence-corrected chi connectivity index (χ4v) is 0. The van der Waals surface area contributed by atoms with Crippen LogP contribution in [0.4, 0.5) is 0 Å². The van der Waals surface area contributed by atoms with Crippen molar-refractivity contribution in [3.05, 3.63) is 0 Å². The summed E-state index contributed by atoms with van der Waals surface area (Å²) in [5.74, 6) is 0. The topological polar surface area (TPSA) is 0 Å². The summed E-state index contributed by atoms with van der Waals surface area (Å²) in [6.45, 7) is 0. The van der Waals surface area contributed by atoms with Gasteiger partial charge in [0.15, 0.2) is 0 Å². The average molecular weight is 117 g/mol. The summed E-state index contributed by atoms with van der Waals surface area (Å²) >= 11 is 1.16. The van der Waals surface area contributed by atoms with Crippen molar-refractivity contribution in [3.63, 3.8) is 0 Å². The van der Waals surface area contributed by atoms with E-state index in [0.717, 1.165) is 0 Å². The fourth-order valence-electron chi connectivity index (χ4n) is 0. The predicted octanol–water partition coefficient (Wildman–Crippen LogP) is 1.37. The molecule has 0 spiro atoms. The Bertz CT molecular complexity index is 22.4. The molecule has 0 aromatic rings. The fraction of sp³-hybridized carbons (Fsp3) is 1.00. The van der Waals surface area contributed by atoms with Crippen LogP contribution in [0.15, 0.2) is 0 Å². The van der Waals surface area contributed by atoms with Crippen molar-refractivity contribution in [3.8, 4) is 0 Å². The zero-order chi connectivity index (χ0) is 4.50. The van der Waals surface area contributed by atoms with Gasteiger partial charge in [0.05, 0.1) is 0 Å². The first kappa shape index (κ1) is 6.22. The van der Waals surface area contributed by atoms with E-state index >= 15 is 0 Å². The maximum atomic E-state index is 2.41. The molecule has 0 aromatic heterocycles. The molecule has 0 nitrogen and oxygen atoms in total. The third kappa shape index (κ3) is 36.3. The molecule has 0 rings (SSSR count). The molecule has 0 aliphatic rings. The standard InChI is InChI=1S/3CH3.Li.Zn/h3*1H3;;. The minimum absolute atomic E-state index is 1.25. The molecule has 5 heavy (non-hydrogen) atoms. The summed E-state index contributed by atoms with van der Waals surface area (Å²) in [5, 5.41) is 0. The third-order valence-electron chi connectivity index (χ3n) is 0. The van der Waals surface area contributed by atoms with Gasteiger partial charge in [0.25, 0.3) is 0 Å². The Hall–Kier alpha value is 1.22. The van der Waals surface area contributed by atoms with Crippen LogP contribution in [0.5, 0.6) is 0 Å². The molecule has 0 aliphatic carbocycles. The van der Waals surface area contributed by atoms with Gasteiger partial charge in [0.1, 0.15) is 0 Å². The van der Waals surface area contributed by atoms with Crippen LogP contribution < -0.4 is 0 Å². The van der Waals surface area contributed by atoms with E-state index in [4.69, 9.17) is 0 Å². The zero-order valence-corrected chi connectivity index (χ0v) is 7.67. The molecule has 0 fully saturated rings. The van der Waals surface area contributed by atoms with Crippen LogP contribution in [-0.2, 0) is 12.4 Å². The summed E-state index contributed by atoms with van der Waals surface area (Å²) < 4.78 is 0. The Labute approximate surface area is 44.3 Å². The second-order valence-corrected chi connectivity index (χ2v) is 22.0. The summed E-state index contributed by atoms with van der Waals surface area (Å²) in [4.78, 5) is 0. The van der Waals surface area contributed by atoms with E-state index in [9.17, 15) is 0 Å². The predicted molar refractivity (Wildman–Crippen MR) is 23.3 cm³/mol. The molecule has 0 aromatic carbocycles. The Morgan fingerprint density at radius 3 is 1.20 bits per heavy atom. The van der Waals surface area contributed by atoms with E-state index in [-0.39, 0.29) is 0 Å². The minimum atomic E-state index is -1.25. The second-order valence-electron chi connectivity index (χ2n) is 4.24. The van der Waals surface area contributed by atoms with Gasteiger partial charge in [-0.1, -0.05) is 0 Å². The Balaban J connectivity index is 3.02. The first-order valence-corrected chi connectivity index (χ1v) is 14.7. The van der Waals surface area contributed by atoms with Gasteiger partial charge in [0.2, 0.25) is 0 Å². The SMILES string of the molecule is [Li][Zn]([CH3])([CH3])[CH3]. The van der Waals surface area contributed by atoms with Crippen molar-refractivity contribution in [1.82, 2.24) is 0 Å². The van der Waals surface area contributed by atoms with Crippen molar-refractivity contribution in [2.24, 2.45) is 0 Å². The van der Waals surface area contributed by atoms with Crippen molar-refractivity contribution in [2.75, 3.05) is 0 Å². The molecule has 0 amide bonds. The first-order chi connectivity index (χ1) is 2.00. The van der Waals surface area contributed by atoms with Crippen LogP contribution in [-0.4, -0.2) is 15.3 Å². The second kappa shape index (κ2) is 1.78. The van der Waals surface area contributed by atoms with E-state index in [1.807, 2.05) is 0 Å². The van der Waals surface area contributed by atoms with Crippen LogP contribution >= 0.6 is 0 Å². The van der Waals surface area contributed by atoms with Crippen molar-refractivity contribution < 1.29 is 12.4 Å². The molecule has 0 bridgehead atoms. The van der Waals surface area contributed by atoms with Gasteiger partial charge in [-0.25, -0.2) is 0 Å². The van der Waals surface area contributed by atoms with Gasteiger partial charge in [-0.15, -0.1) is 0 Å². The van der Waals surface area contributed by atoms with Crippen LogP contribution in [0, 0.1) is 0 Å². The van der Waals surface area contributed by atoms with Gasteiger partial charge in [-0.2, -0.15) is 0 Å². The maximum absolute atomic E-state index is 2.41. The summed E-state index contributed by atoms with van der Waals surface area (Å²) in [5.41, 5.74) is 7.22. The average Bonchev–Trinajstić information content (AvgIpc) is 0.722. The van der Waals surface area contributed by atoms with Crippen molar-refractivity contribution >= 4 is 15.3 Å². The van der Waals surface area contributed by atoms with E-state index in [2.05, 4.69) is 31.8 Å². The molecule has 0 heterocycles. The van der Waals surface area contributed by atoms with E-state index < -0.39 is 12.4 Å². The summed E-state index contributed by atoms with van der Waals surface area (Å²) in [6, 6.07) is 0. The Morgan fingerprint density at radius 2 is 1.20 bits per heavy atom. The van der Waals surface area contributed by atoms with Crippen LogP contribution in [0.2, 0.25) is 16.6 Å². The van der Waals surface area contributed by atoms with Crippen molar-refractivity contribution in [2.45, 2.75) is 16.6 Å². The first-order valence-electron chi connectivity index (χ1n) is 2.83. The van der Waals surface area contributed by atoms with Crippen LogP contribution in [0.1, 0.15) is 0 Å². The van der Waals surface area contributed by atoms with Gasteiger partial charge in [-0.3, -0.25) is 0 Å². The third-order valence-corrected chi connectivity index (χ3v) is 0. The normalized spacial score (nSPS) is 9.00. The van der Waals surface area contributed by atoms with Crippen LogP contribution in [0.3, 0.4) is 0 Å². The Kier molecular flexibility index (Phi) is 2.22. The molecule has 0 unspecified atom stereocenters. The molecular weight excluding hydrogens is 108 g/mol. The van der Waals surface area contributed by atoms with E-state index in [1.54, 1.807) is 0 Å². The summed E-state index contributed by atoms with van der Waals surface area (Å²) in [6.07, 6.45) is 0. The molecule has 0 radical (unpaired) electrons. The Morgan fingerprint density at radius 1 is 1.20 bits per heavy atom. The van der Waals surface area contributed by atoms with E-state index in [0.29, 0.717) is 0 Å². The molecule has 2 heteroatoms. The monoisotopic (exact) mass is 116 g/mol. The zero-order valence-electron chi connectivity index (χ0n) is 4.71. The number of rotatable bonds is 0. The van der Waals surface area contributed by atoms with E-state index in [1.165, 1.54) is 0 Å². The molecule has 0 atom stereocenters. The van der Waals surface area contributed by atoms with Gasteiger partial charge in [0, 0.05) is 0 Å². The molecule has 0 aliphatic heterocycles. The van der Waals surface area contributed by atoms with Crippen molar-refractivity contribution in [1.29, 1.82) is 0 Å². The quantitative estimate of drug-likeness (QED) is 0.421. The number of hydrogen-bond donors (Lipinski definition) is 0. The number of hydrogen-bond acceptors (Lipinski definition) is 0.